The first-order valence-electron chi connectivity index (χ1n) is 4.81. The summed E-state index contributed by atoms with van der Waals surface area (Å²) in [4.78, 5) is 0. The molecule has 0 bridgehead atoms. The first kappa shape index (κ1) is 12.0. The minimum atomic E-state index is 1.13. The summed E-state index contributed by atoms with van der Waals surface area (Å²) in [5, 5.41) is 3.41. The summed E-state index contributed by atoms with van der Waals surface area (Å²) >= 11 is 2.02. The second-order valence-corrected chi connectivity index (χ2v) is 4.05. The molecule has 2 heteroatoms. The Hall–Kier alpha value is 0.0500. The maximum Gasteiger partial charge on any atom is -0.00143 e. The fourth-order valence-corrected chi connectivity index (χ4v) is 1.56. The van der Waals surface area contributed by atoms with Gasteiger partial charge in [-0.1, -0.05) is 19.1 Å². The molecule has 1 N–H and O–H groups in total. The number of thioether (sulfide) groups is 1. The van der Waals surface area contributed by atoms with Gasteiger partial charge >= 0.3 is 0 Å². The van der Waals surface area contributed by atoms with Crippen LogP contribution in [0, 0.1) is 0 Å². The molecule has 0 rings (SSSR count). The zero-order chi connectivity index (χ0) is 9.07. The van der Waals surface area contributed by atoms with E-state index in [0.29, 0.717) is 0 Å². The zero-order valence-electron chi connectivity index (χ0n) is 8.31. The average molecular weight is 187 g/mol. The quantitative estimate of drug-likeness (QED) is 0.463. The fraction of sp³-hybridized carbons (Fsp3) is 0.800. The Kier molecular flexibility index (Phi) is 11.1. The van der Waals surface area contributed by atoms with Gasteiger partial charge in [-0.3, -0.25) is 0 Å². The first-order chi connectivity index (χ1) is 5.91. The highest BCUT2D eigenvalue weighted by molar-refractivity contribution is 7.99. The molecule has 1 nitrogen and oxygen atoms in total. The molecule has 0 saturated carbocycles. The highest BCUT2D eigenvalue weighted by atomic mass is 32.2. The van der Waals surface area contributed by atoms with E-state index in [1.165, 1.54) is 24.5 Å². The third-order valence-corrected chi connectivity index (χ3v) is 2.56. The summed E-state index contributed by atoms with van der Waals surface area (Å²) in [6, 6.07) is 0. The Labute approximate surface area is 81.0 Å². The van der Waals surface area contributed by atoms with Gasteiger partial charge in [0.05, 0.1) is 0 Å². The zero-order valence-corrected chi connectivity index (χ0v) is 9.12. The Balaban J connectivity index is 2.81. The third-order valence-electron chi connectivity index (χ3n) is 1.57. The normalized spacial score (nSPS) is 11.2. The van der Waals surface area contributed by atoms with Crippen LogP contribution in [0.15, 0.2) is 12.2 Å². The van der Waals surface area contributed by atoms with Gasteiger partial charge in [0.25, 0.3) is 0 Å². The van der Waals surface area contributed by atoms with Crippen LogP contribution in [0.1, 0.15) is 26.7 Å². The summed E-state index contributed by atoms with van der Waals surface area (Å²) in [6.45, 7) is 6.58. The Morgan fingerprint density at radius 1 is 1.33 bits per heavy atom. The van der Waals surface area contributed by atoms with Gasteiger partial charge in [0.15, 0.2) is 0 Å². The predicted molar refractivity (Wildman–Crippen MR) is 59.9 cm³/mol. The topological polar surface area (TPSA) is 12.0 Å². The SMILES string of the molecule is C/C=C/CCNCCCSCC. The van der Waals surface area contributed by atoms with Crippen LogP contribution in [-0.4, -0.2) is 24.6 Å². The Morgan fingerprint density at radius 2 is 2.17 bits per heavy atom. The molecule has 0 heterocycles. The van der Waals surface area contributed by atoms with Crippen LogP contribution in [0.2, 0.25) is 0 Å². The molecule has 0 saturated heterocycles. The van der Waals surface area contributed by atoms with E-state index in [1.54, 1.807) is 0 Å². The molecular weight excluding hydrogens is 166 g/mol. The number of rotatable bonds is 8. The van der Waals surface area contributed by atoms with E-state index in [1.807, 2.05) is 11.8 Å². The van der Waals surface area contributed by atoms with Gasteiger partial charge in [-0.05, 0) is 44.4 Å². The summed E-state index contributed by atoms with van der Waals surface area (Å²) in [5.74, 6) is 2.55. The van der Waals surface area contributed by atoms with Crippen LogP contribution in [0.3, 0.4) is 0 Å². The van der Waals surface area contributed by atoms with E-state index in [9.17, 15) is 0 Å². The molecule has 0 aromatic heterocycles. The van der Waals surface area contributed by atoms with E-state index >= 15 is 0 Å². The van der Waals surface area contributed by atoms with E-state index in [-0.39, 0.29) is 0 Å². The van der Waals surface area contributed by atoms with Crippen molar-refractivity contribution < 1.29 is 0 Å². The molecule has 0 aromatic carbocycles. The summed E-state index contributed by atoms with van der Waals surface area (Å²) in [5.41, 5.74) is 0. The smallest absolute Gasteiger partial charge is 0.00143 e. The molecule has 0 aromatic rings. The predicted octanol–water partition coefficient (Wildman–Crippen LogP) is 2.69. The average Bonchev–Trinajstić information content (AvgIpc) is 2.10. The molecule has 0 atom stereocenters. The lowest BCUT2D eigenvalue weighted by atomic mass is 10.3. The molecule has 72 valence electrons. The molecule has 0 spiro atoms. The van der Waals surface area contributed by atoms with Crippen LogP contribution in [0.4, 0.5) is 0 Å². The van der Waals surface area contributed by atoms with Gasteiger partial charge < -0.3 is 5.32 Å². The lowest BCUT2D eigenvalue weighted by Gasteiger charge is -2.01. The van der Waals surface area contributed by atoms with Crippen molar-refractivity contribution in [1.82, 2.24) is 5.32 Å². The Bertz CT molecular complexity index is 102. The van der Waals surface area contributed by atoms with Crippen molar-refractivity contribution in [1.29, 1.82) is 0 Å². The van der Waals surface area contributed by atoms with Crippen molar-refractivity contribution in [3.8, 4) is 0 Å². The first-order valence-corrected chi connectivity index (χ1v) is 5.97. The highest BCUT2D eigenvalue weighted by Crippen LogP contribution is 1.99. The van der Waals surface area contributed by atoms with Crippen molar-refractivity contribution in [3.63, 3.8) is 0 Å². The van der Waals surface area contributed by atoms with Gasteiger partial charge in [-0.2, -0.15) is 11.8 Å². The second-order valence-electron chi connectivity index (χ2n) is 2.66. The van der Waals surface area contributed by atoms with Crippen molar-refractivity contribution in [2.45, 2.75) is 26.7 Å². The minimum Gasteiger partial charge on any atom is -0.316 e. The molecule has 0 aliphatic rings. The molecule has 0 aliphatic heterocycles. The lowest BCUT2D eigenvalue weighted by Crippen LogP contribution is -2.16. The maximum absolute atomic E-state index is 3.41. The molecular formula is C10H21NS. The van der Waals surface area contributed by atoms with Crippen molar-refractivity contribution in [2.75, 3.05) is 24.6 Å². The summed E-state index contributed by atoms with van der Waals surface area (Å²) < 4.78 is 0. The fourth-order valence-electron chi connectivity index (χ4n) is 0.921. The van der Waals surface area contributed by atoms with Crippen LogP contribution in [0.25, 0.3) is 0 Å². The molecule has 12 heavy (non-hydrogen) atoms. The molecule has 0 aliphatic carbocycles. The number of nitrogens with one attached hydrogen (secondary N) is 1. The molecule has 0 radical (unpaired) electrons. The van der Waals surface area contributed by atoms with Gasteiger partial charge in [0, 0.05) is 0 Å². The van der Waals surface area contributed by atoms with Crippen molar-refractivity contribution in [2.24, 2.45) is 0 Å². The van der Waals surface area contributed by atoms with E-state index in [4.69, 9.17) is 0 Å². The Morgan fingerprint density at radius 3 is 2.83 bits per heavy atom. The van der Waals surface area contributed by atoms with Gasteiger partial charge in [-0.15, -0.1) is 0 Å². The van der Waals surface area contributed by atoms with Crippen molar-refractivity contribution in [3.05, 3.63) is 12.2 Å². The maximum atomic E-state index is 3.41. The number of allylic oxidation sites excluding steroid dienone is 1. The third kappa shape index (κ3) is 10.0. The standard InChI is InChI=1S/C10H21NS/c1-3-5-6-8-11-9-7-10-12-4-2/h3,5,11H,4,6-10H2,1-2H3/b5-3+. The van der Waals surface area contributed by atoms with E-state index < -0.39 is 0 Å². The van der Waals surface area contributed by atoms with E-state index in [0.717, 1.165) is 13.0 Å². The molecule has 0 amide bonds. The number of hydrogen-bond donors (Lipinski definition) is 1. The second kappa shape index (κ2) is 11.1. The van der Waals surface area contributed by atoms with Crippen LogP contribution in [-0.2, 0) is 0 Å². The molecule has 0 fully saturated rings. The minimum absolute atomic E-state index is 1.13. The van der Waals surface area contributed by atoms with Gasteiger partial charge in [-0.25, -0.2) is 0 Å². The van der Waals surface area contributed by atoms with Crippen molar-refractivity contribution >= 4 is 11.8 Å². The molecule has 0 unspecified atom stereocenters. The van der Waals surface area contributed by atoms with Crippen LogP contribution >= 0.6 is 11.8 Å². The van der Waals surface area contributed by atoms with Crippen LogP contribution in [0.5, 0.6) is 0 Å². The highest BCUT2D eigenvalue weighted by Gasteiger charge is 1.86. The van der Waals surface area contributed by atoms with Gasteiger partial charge in [0.1, 0.15) is 0 Å². The van der Waals surface area contributed by atoms with E-state index in [2.05, 4.69) is 31.3 Å². The summed E-state index contributed by atoms with van der Waals surface area (Å²) in [7, 11) is 0. The monoisotopic (exact) mass is 187 g/mol. The largest absolute Gasteiger partial charge is 0.316 e. The summed E-state index contributed by atoms with van der Waals surface area (Å²) in [6.07, 6.45) is 6.77. The van der Waals surface area contributed by atoms with Gasteiger partial charge in [0.2, 0.25) is 0 Å². The van der Waals surface area contributed by atoms with Crippen LogP contribution < -0.4 is 5.32 Å². The lowest BCUT2D eigenvalue weighted by molar-refractivity contribution is 0.681. The number of hydrogen-bond acceptors (Lipinski definition) is 2.